The molecule has 2 unspecified atom stereocenters. The van der Waals surface area contributed by atoms with E-state index in [0.717, 1.165) is 46.4 Å². The van der Waals surface area contributed by atoms with E-state index in [1.54, 1.807) is 24.4 Å². The first-order chi connectivity index (χ1) is 20.9. The van der Waals surface area contributed by atoms with E-state index in [1.165, 1.54) is 12.1 Å². The van der Waals surface area contributed by atoms with Crippen molar-refractivity contribution in [2.24, 2.45) is 0 Å². The summed E-state index contributed by atoms with van der Waals surface area (Å²) in [6.45, 7) is 2.03. The van der Waals surface area contributed by atoms with Crippen LogP contribution in [0.5, 0.6) is 0 Å². The van der Waals surface area contributed by atoms with Crippen molar-refractivity contribution in [2.45, 2.75) is 49.5 Å². The number of benzene rings is 2. The highest BCUT2D eigenvalue weighted by atomic mass is 32.2. The molecule has 0 radical (unpaired) electrons. The Labute approximate surface area is 252 Å². The van der Waals surface area contributed by atoms with Crippen LogP contribution in [0.25, 0.3) is 11.3 Å². The van der Waals surface area contributed by atoms with Gasteiger partial charge >= 0.3 is 6.18 Å². The summed E-state index contributed by atoms with van der Waals surface area (Å²) in [6.07, 6.45) is -2.04. The second kappa shape index (κ2) is 12.7. The third-order valence-electron chi connectivity index (χ3n) is 7.28. The second-order valence-electron chi connectivity index (χ2n) is 10.4. The standard InChI is InChI=1S/C31H29F4N5O3S/c1-20(26-5-2-3-15-36-26)38-29-18-21(17-27(39-29)22-7-9-23(10-8-22)31(33,34)35)19-37-30(41)28-6-4-16-40(28)44(42,43)25-13-11-24(32)12-14-25/h2-3,5,7-15,17-18,20,28H,4,6,16,19H2,1H3,(H,37,41)(H,38,39). The van der Waals surface area contributed by atoms with Crippen LogP contribution in [0.15, 0.2) is 90.0 Å². The fourth-order valence-electron chi connectivity index (χ4n) is 5.01. The fraction of sp³-hybridized carbons (Fsp3) is 0.258. The molecule has 1 saturated heterocycles. The topological polar surface area (TPSA) is 104 Å². The Balaban J connectivity index is 1.38. The summed E-state index contributed by atoms with van der Waals surface area (Å²) in [4.78, 5) is 22.1. The van der Waals surface area contributed by atoms with Crippen LogP contribution in [0, 0.1) is 5.82 Å². The molecule has 3 heterocycles. The number of nitrogens with zero attached hydrogens (tertiary/aromatic N) is 3. The van der Waals surface area contributed by atoms with Crippen molar-refractivity contribution >= 4 is 21.7 Å². The van der Waals surface area contributed by atoms with Crippen LogP contribution < -0.4 is 10.6 Å². The Hall–Kier alpha value is -4.36. The molecule has 0 saturated carbocycles. The number of hydrogen-bond donors (Lipinski definition) is 2. The molecule has 0 spiro atoms. The fourth-order valence-corrected chi connectivity index (χ4v) is 6.66. The van der Waals surface area contributed by atoms with Gasteiger partial charge in [-0.25, -0.2) is 17.8 Å². The first-order valence-electron chi connectivity index (χ1n) is 13.8. The van der Waals surface area contributed by atoms with E-state index in [4.69, 9.17) is 0 Å². The van der Waals surface area contributed by atoms with Gasteiger partial charge in [0.15, 0.2) is 0 Å². The molecule has 1 fully saturated rings. The number of anilines is 1. The maximum absolute atomic E-state index is 13.4. The summed E-state index contributed by atoms with van der Waals surface area (Å²) in [7, 11) is -4.04. The number of carbonyl (C=O) groups excluding carboxylic acids is 1. The molecule has 2 atom stereocenters. The number of hydrogen-bond acceptors (Lipinski definition) is 6. The van der Waals surface area contributed by atoms with Crippen LogP contribution in [-0.2, 0) is 27.5 Å². The van der Waals surface area contributed by atoms with Crippen LogP contribution in [0.4, 0.5) is 23.4 Å². The number of aromatic nitrogens is 2. The number of nitrogens with one attached hydrogen (secondary N) is 2. The van der Waals surface area contributed by atoms with Gasteiger partial charge in [-0.05, 0) is 86.0 Å². The summed E-state index contributed by atoms with van der Waals surface area (Å²) >= 11 is 0. The number of pyridine rings is 2. The minimum absolute atomic E-state index is 0.00255. The highest BCUT2D eigenvalue weighted by Gasteiger charge is 2.39. The normalized spacial score (nSPS) is 16.4. The van der Waals surface area contributed by atoms with E-state index in [0.29, 0.717) is 35.5 Å². The molecule has 1 aliphatic heterocycles. The molecule has 2 N–H and O–H groups in total. The Morgan fingerprint density at radius 1 is 1.05 bits per heavy atom. The van der Waals surface area contributed by atoms with Gasteiger partial charge < -0.3 is 10.6 Å². The minimum atomic E-state index is -4.48. The lowest BCUT2D eigenvalue weighted by atomic mass is 10.1. The van der Waals surface area contributed by atoms with E-state index >= 15 is 0 Å². The van der Waals surface area contributed by atoms with Gasteiger partial charge in [0.2, 0.25) is 15.9 Å². The number of alkyl halides is 3. The SMILES string of the molecule is CC(Nc1cc(CNC(=O)C2CCCN2S(=O)(=O)c2ccc(F)cc2)cc(-c2ccc(C(F)(F)F)cc2)n1)c1ccccn1. The van der Waals surface area contributed by atoms with E-state index in [-0.39, 0.29) is 24.0 Å². The molecule has 0 aliphatic carbocycles. The van der Waals surface area contributed by atoms with Gasteiger partial charge in [0, 0.05) is 24.8 Å². The average Bonchev–Trinajstić information content (AvgIpc) is 3.52. The number of carbonyl (C=O) groups is 1. The Kier molecular flexibility index (Phi) is 8.97. The molecule has 1 amide bonds. The van der Waals surface area contributed by atoms with Gasteiger partial charge in [-0.3, -0.25) is 9.78 Å². The van der Waals surface area contributed by atoms with Crippen molar-refractivity contribution < 1.29 is 30.8 Å². The Morgan fingerprint density at radius 2 is 1.77 bits per heavy atom. The average molecular weight is 628 g/mol. The third kappa shape index (κ3) is 7.05. The first kappa shape index (κ1) is 31.1. The van der Waals surface area contributed by atoms with Crippen molar-refractivity contribution in [3.8, 4) is 11.3 Å². The maximum Gasteiger partial charge on any atom is 0.416 e. The minimum Gasteiger partial charge on any atom is -0.362 e. The number of halogens is 4. The molecule has 44 heavy (non-hydrogen) atoms. The molecular formula is C31H29F4N5O3S. The lowest BCUT2D eigenvalue weighted by Crippen LogP contribution is -2.45. The predicted molar refractivity (Wildman–Crippen MR) is 156 cm³/mol. The molecule has 8 nitrogen and oxygen atoms in total. The first-order valence-corrected chi connectivity index (χ1v) is 15.3. The smallest absolute Gasteiger partial charge is 0.362 e. The van der Waals surface area contributed by atoms with Crippen LogP contribution in [-0.4, -0.2) is 41.2 Å². The van der Waals surface area contributed by atoms with Gasteiger partial charge in [-0.15, -0.1) is 0 Å². The predicted octanol–water partition coefficient (Wildman–Crippen LogP) is 5.94. The number of amides is 1. The van der Waals surface area contributed by atoms with Gasteiger partial charge in [0.1, 0.15) is 17.7 Å². The highest BCUT2D eigenvalue weighted by molar-refractivity contribution is 7.89. The summed E-state index contributed by atoms with van der Waals surface area (Å²) < 4.78 is 80.4. The summed E-state index contributed by atoms with van der Waals surface area (Å²) in [5, 5.41) is 6.06. The molecular weight excluding hydrogens is 598 g/mol. The van der Waals surface area contributed by atoms with Crippen LogP contribution >= 0.6 is 0 Å². The van der Waals surface area contributed by atoms with E-state index in [1.807, 2.05) is 19.1 Å². The quantitative estimate of drug-likeness (QED) is 0.223. The van der Waals surface area contributed by atoms with Gasteiger partial charge in [0.05, 0.1) is 27.9 Å². The molecule has 13 heteroatoms. The summed E-state index contributed by atoms with van der Waals surface area (Å²) in [6, 6.07) is 16.7. The van der Waals surface area contributed by atoms with Crippen molar-refractivity contribution in [1.82, 2.24) is 19.6 Å². The molecule has 4 aromatic rings. The van der Waals surface area contributed by atoms with Crippen LogP contribution in [0.2, 0.25) is 0 Å². The molecule has 0 bridgehead atoms. The van der Waals surface area contributed by atoms with Gasteiger partial charge in [0.25, 0.3) is 0 Å². The summed E-state index contributed by atoms with van der Waals surface area (Å²) in [5.74, 6) is -0.667. The van der Waals surface area contributed by atoms with Crippen LogP contribution in [0.3, 0.4) is 0 Å². The maximum atomic E-state index is 13.4. The lowest BCUT2D eigenvalue weighted by Gasteiger charge is -2.23. The van der Waals surface area contributed by atoms with E-state index < -0.39 is 39.5 Å². The van der Waals surface area contributed by atoms with Crippen molar-refractivity contribution in [1.29, 1.82) is 0 Å². The van der Waals surface area contributed by atoms with Crippen molar-refractivity contribution in [3.05, 3.63) is 108 Å². The lowest BCUT2D eigenvalue weighted by molar-refractivity contribution is -0.137. The zero-order valence-corrected chi connectivity index (χ0v) is 24.4. The van der Waals surface area contributed by atoms with Gasteiger partial charge in [-0.2, -0.15) is 17.5 Å². The monoisotopic (exact) mass is 627 g/mol. The molecule has 5 rings (SSSR count). The second-order valence-corrected chi connectivity index (χ2v) is 12.3. The molecule has 1 aliphatic rings. The van der Waals surface area contributed by atoms with E-state index in [2.05, 4.69) is 20.6 Å². The van der Waals surface area contributed by atoms with Crippen molar-refractivity contribution in [3.63, 3.8) is 0 Å². The van der Waals surface area contributed by atoms with Gasteiger partial charge in [-0.1, -0.05) is 18.2 Å². The Morgan fingerprint density at radius 3 is 2.43 bits per heavy atom. The Bertz CT molecular complexity index is 1720. The summed E-state index contributed by atoms with van der Waals surface area (Å²) in [5.41, 5.74) is 1.36. The highest BCUT2D eigenvalue weighted by Crippen LogP contribution is 2.32. The number of sulfonamides is 1. The number of rotatable bonds is 9. The zero-order valence-electron chi connectivity index (χ0n) is 23.6. The van der Waals surface area contributed by atoms with Crippen LogP contribution in [0.1, 0.15) is 42.6 Å². The third-order valence-corrected chi connectivity index (χ3v) is 9.20. The zero-order chi connectivity index (χ0) is 31.5. The largest absolute Gasteiger partial charge is 0.416 e. The van der Waals surface area contributed by atoms with E-state index in [9.17, 15) is 30.8 Å². The van der Waals surface area contributed by atoms with Crippen molar-refractivity contribution in [2.75, 3.05) is 11.9 Å². The molecule has 230 valence electrons. The molecule has 2 aromatic heterocycles. The molecule has 2 aromatic carbocycles.